The second-order valence-electron chi connectivity index (χ2n) is 7.61. The van der Waals surface area contributed by atoms with Crippen molar-refractivity contribution in [3.05, 3.63) is 77.4 Å². The first kappa shape index (κ1) is 25.1. The van der Waals surface area contributed by atoms with Crippen molar-refractivity contribution >= 4 is 27.3 Å². The normalized spacial score (nSPS) is 11.1. The Labute approximate surface area is 199 Å². The first-order valence-electron chi connectivity index (χ1n) is 10.5. The summed E-state index contributed by atoms with van der Waals surface area (Å²) < 4.78 is 44.2. The zero-order chi connectivity index (χ0) is 24.7. The molecule has 0 heterocycles. The van der Waals surface area contributed by atoms with E-state index in [1.54, 1.807) is 50.4 Å². The first-order chi connectivity index (χ1) is 16.2. The van der Waals surface area contributed by atoms with Crippen molar-refractivity contribution in [1.82, 2.24) is 0 Å². The van der Waals surface area contributed by atoms with Crippen LogP contribution in [0.4, 0.5) is 11.4 Å². The van der Waals surface area contributed by atoms with Crippen molar-refractivity contribution in [2.24, 2.45) is 0 Å². The molecule has 0 bridgehead atoms. The maximum atomic E-state index is 13.1. The number of hydrogen-bond acceptors (Lipinski definition) is 6. The number of anilines is 2. The quantitative estimate of drug-likeness (QED) is 0.414. The number of sulfonamides is 1. The lowest BCUT2D eigenvalue weighted by Gasteiger charge is -2.15. The van der Waals surface area contributed by atoms with Gasteiger partial charge in [0.15, 0.2) is 0 Å². The van der Waals surface area contributed by atoms with Gasteiger partial charge in [-0.05, 0) is 73.5 Å². The Balaban J connectivity index is 1.83. The Bertz CT molecular complexity index is 1260. The average Bonchev–Trinajstić information content (AvgIpc) is 2.81. The highest BCUT2D eigenvalue weighted by Gasteiger charge is 2.19. The predicted octanol–water partition coefficient (Wildman–Crippen LogP) is 4.39. The summed E-state index contributed by atoms with van der Waals surface area (Å²) in [6, 6.07) is 16.3. The van der Waals surface area contributed by atoms with Crippen LogP contribution in [0.2, 0.25) is 0 Å². The van der Waals surface area contributed by atoms with E-state index in [1.807, 2.05) is 19.1 Å². The van der Waals surface area contributed by atoms with Crippen molar-refractivity contribution in [3.63, 3.8) is 0 Å². The third-order valence-electron chi connectivity index (χ3n) is 5.04. The minimum atomic E-state index is -3.92. The lowest BCUT2D eigenvalue weighted by molar-refractivity contribution is 0.102. The molecule has 9 heteroatoms. The Morgan fingerprint density at radius 3 is 2.32 bits per heavy atom. The van der Waals surface area contributed by atoms with Gasteiger partial charge in [-0.3, -0.25) is 9.52 Å². The second-order valence-corrected chi connectivity index (χ2v) is 9.29. The second kappa shape index (κ2) is 11.0. The van der Waals surface area contributed by atoms with Crippen LogP contribution in [-0.2, 0) is 14.8 Å². The summed E-state index contributed by atoms with van der Waals surface area (Å²) in [5.41, 5.74) is 2.70. The number of ether oxygens (including phenoxy) is 3. The van der Waals surface area contributed by atoms with Crippen LogP contribution < -0.4 is 19.5 Å². The van der Waals surface area contributed by atoms with Gasteiger partial charge in [-0.25, -0.2) is 8.42 Å². The summed E-state index contributed by atoms with van der Waals surface area (Å²) in [4.78, 5) is 13.1. The number of nitrogens with one attached hydrogen (secondary N) is 2. The van der Waals surface area contributed by atoms with Crippen molar-refractivity contribution in [2.75, 3.05) is 37.5 Å². The maximum absolute atomic E-state index is 13.1. The SMILES string of the molecule is COCCOc1cc(C)ccc1NC(=O)c1cc(S(=O)(=O)Nc2ccc(OC)cc2)ccc1C. The van der Waals surface area contributed by atoms with Gasteiger partial charge in [-0.1, -0.05) is 12.1 Å². The molecule has 0 fully saturated rings. The highest BCUT2D eigenvalue weighted by Crippen LogP contribution is 2.27. The number of benzene rings is 3. The number of aryl methyl sites for hydroxylation is 2. The minimum Gasteiger partial charge on any atom is -0.497 e. The highest BCUT2D eigenvalue weighted by atomic mass is 32.2. The fraction of sp³-hybridized carbons (Fsp3) is 0.240. The smallest absolute Gasteiger partial charge is 0.261 e. The fourth-order valence-electron chi connectivity index (χ4n) is 3.16. The van der Waals surface area contributed by atoms with E-state index < -0.39 is 15.9 Å². The minimum absolute atomic E-state index is 0.0282. The van der Waals surface area contributed by atoms with Crippen LogP contribution in [0, 0.1) is 13.8 Å². The molecular weight excluding hydrogens is 456 g/mol. The van der Waals surface area contributed by atoms with E-state index in [2.05, 4.69) is 10.0 Å². The number of amides is 1. The number of rotatable bonds is 10. The predicted molar refractivity (Wildman–Crippen MR) is 131 cm³/mol. The van der Waals surface area contributed by atoms with Crippen LogP contribution in [-0.4, -0.2) is 41.8 Å². The van der Waals surface area contributed by atoms with Crippen LogP contribution >= 0.6 is 0 Å². The number of hydrogen-bond donors (Lipinski definition) is 2. The van der Waals surface area contributed by atoms with Crippen LogP contribution in [0.1, 0.15) is 21.5 Å². The molecule has 1 amide bonds. The van der Waals surface area contributed by atoms with Gasteiger partial charge in [0, 0.05) is 18.4 Å². The lowest BCUT2D eigenvalue weighted by atomic mass is 10.1. The van der Waals surface area contributed by atoms with Gasteiger partial charge < -0.3 is 19.5 Å². The van der Waals surface area contributed by atoms with Gasteiger partial charge in [0.25, 0.3) is 15.9 Å². The van der Waals surface area contributed by atoms with E-state index in [-0.39, 0.29) is 10.5 Å². The molecular formula is C25H28N2O6S. The molecule has 2 N–H and O–H groups in total. The number of carbonyl (C=O) groups excluding carboxylic acids is 1. The van der Waals surface area contributed by atoms with Gasteiger partial charge in [-0.2, -0.15) is 0 Å². The van der Waals surface area contributed by atoms with Crippen molar-refractivity contribution in [2.45, 2.75) is 18.7 Å². The molecule has 0 atom stereocenters. The molecule has 0 aliphatic heterocycles. The van der Waals surface area contributed by atoms with Crippen molar-refractivity contribution in [1.29, 1.82) is 0 Å². The molecule has 0 unspecified atom stereocenters. The maximum Gasteiger partial charge on any atom is 0.261 e. The van der Waals surface area contributed by atoms with E-state index in [0.29, 0.717) is 41.7 Å². The van der Waals surface area contributed by atoms with Gasteiger partial charge in [-0.15, -0.1) is 0 Å². The van der Waals surface area contributed by atoms with Crippen molar-refractivity contribution < 1.29 is 27.4 Å². The Hall–Kier alpha value is -3.56. The summed E-state index contributed by atoms with van der Waals surface area (Å²) in [5, 5.41) is 2.83. The topological polar surface area (TPSA) is 103 Å². The molecule has 8 nitrogen and oxygen atoms in total. The van der Waals surface area contributed by atoms with E-state index in [4.69, 9.17) is 14.2 Å². The van der Waals surface area contributed by atoms with E-state index >= 15 is 0 Å². The molecule has 0 radical (unpaired) electrons. The molecule has 0 saturated carbocycles. The van der Waals surface area contributed by atoms with Crippen LogP contribution in [0.3, 0.4) is 0 Å². The van der Waals surface area contributed by atoms with Crippen molar-refractivity contribution in [3.8, 4) is 11.5 Å². The number of methoxy groups -OCH3 is 2. The molecule has 34 heavy (non-hydrogen) atoms. The zero-order valence-electron chi connectivity index (χ0n) is 19.5. The third kappa shape index (κ3) is 6.27. The summed E-state index contributed by atoms with van der Waals surface area (Å²) in [6.07, 6.45) is 0. The Morgan fingerprint density at radius 1 is 0.912 bits per heavy atom. The largest absolute Gasteiger partial charge is 0.497 e. The van der Waals surface area contributed by atoms with E-state index in [9.17, 15) is 13.2 Å². The standard InChI is InChI=1S/C25H28N2O6S/c1-17-5-12-23(24(15-17)33-14-13-31-3)26-25(28)22-16-21(11-6-18(22)2)34(29,30)27-19-7-9-20(32-4)10-8-19/h5-12,15-16,27H,13-14H2,1-4H3,(H,26,28). The lowest BCUT2D eigenvalue weighted by Crippen LogP contribution is -2.17. The zero-order valence-corrected chi connectivity index (χ0v) is 20.4. The Kier molecular flexibility index (Phi) is 8.14. The molecule has 3 rings (SSSR count). The first-order valence-corrected chi connectivity index (χ1v) is 12.0. The van der Waals surface area contributed by atoms with Crippen LogP contribution in [0.15, 0.2) is 65.6 Å². The average molecular weight is 485 g/mol. The monoisotopic (exact) mass is 484 g/mol. The van der Waals surface area contributed by atoms with E-state index in [0.717, 1.165) is 5.56 Å². The van der Waals surface area contributed by atoms with Crippen LogP contribution in [0.5, 0.6) is 11.5 Å². The summed E-state index contributed by atoms with van der Waals surface area (Å²) in [6.45, 7) is 4.39. The summed E-state index contributed by atoms with van der Waals surface area (Å²) >= 11 is 0. The fourth-order valence-corrected chi connectivity index (χ4v) is 4.25. The van der Waals surface area contributed by atoms with Gasteiger partial charge in [0.05, 0.1) is 24.3 Å². The molecule has 0 saturated heterocycles. The highest BCUT2D eigenvalue weighted by molar-refractivity contribution is 7.92. The molecule has 3 aromatic carbocycles. The summed E-state index contributed by atoms with van der Waals surface area (Å²) in [7, 11) is -0.807. The van der Waals surface area contributed by atoms with Gasteiger partial charge in [0.1, 0.15) is 18.1 Å². The number of carbonyl (C=O) groups is 1. The molecule has 180 valence electrons. The van der Waals surface area contributed by atoms with Gasteiger partial charge >= 0.3 is 0 Å². The third-order valence-corrected chi connectivity index (χ3v) is 6.42. The van der Waals surface area contributed by atoms with E-state index in [1.165, 1.54) is 19.2 Å². The molecule has 3 aromatic rings. The summed E-state index contributed by atoms with van der Waals surface area (Å²) in [5.74, 6) is 0.673. The van der Waals surface area contributed by atoms with Crippen LogP contribution in [0.25, 0.3) is 0 Å². The molecule has 0 aliphatic carbocycles. The molecule has 0 aliphatic rings. The molecule has 0 spiro atoms. The van der Waals surface area contributed by atoms with Gasteiger partial charge in [0.2, 0.25) is 0 Å². The molecule has 0 aromatic heterocycles. The Morgan fingerprint density at radius 2 is 1.65 bits per heavy atom.